The van der Waals surface area contributed by atoms with E-state index in [9.17, 15) is 4.79 Å². The van der Waals surface area contributed by atoms with Gasteiger partial charge in [0.25, 0.3) is 5.91 Å². The SMILES string of the molecule is COC1(C(=O)NCC2CCCN2Cc2ccccc2)CCNCC1.Cl.Cl. The molecule has 0 spiro atoms. The Hall–Kier alpha value is -0.850. The Bertz CT molecular complexity index is 539. The van der Waals surface area contributed by atoms with Gasteiger partial charge in [0, 0.05) is 26.2 Å². The second kappa shape index (κ2) is 11.1. The fraction of sp³-hybridized carbons (Fsp3) is 0.632. The van der Waals surface area contributed by atoms with Gasteiger partial charge in [0.2, 0.25) is 0 Å². The first-order chi connectivity index (χ1) is 11.7. The van der Waals surface area contributed by atoms with E-state index in [1.807, 2.05) is 0 Å². The van der Waals surface area contributed by atoms with Crippen molar-refractivity contribution >= 4 is 30.7 Å². The zero-order chi connectivity index (χ0) is 16.8. The molecule has 148 valence electrons. The summed E-state index contributed by atoms with van der Waals surface area (Å²) in [6.45, 7) is 4.45. The summed E-state index contributed by atoms with van der Waals surface area (Å²) in [5, 5.41) is 6.46. The van der Waals surface area contributed by atoms with Gasteiger partial charge in [-0.1, -0.05) is 30.3 Å². The number of rotatable bonds is 6. The number of amides is 1. The number of piperidine rings is 1. The van der Waals surface area contributed by atoms with Gasteiger partial charge in [-0.25, -0.2) is 0 Å². The van der Waals surface area contributed by atoms with Gasteiger partial charge in [-0.2, -0.15) is 0 Å². The minimum atomic E-state index is -0.645. The van der Waals surface area contributed by atoms with E-state index in [0.717, 1.165) is 45.4 Å². The molecule has 5 nitrogen and oxygen atoms in total. The first kappa shape index (κ1) is 23.2. The maximum Gasteiger partial charge on any atom is 0.252 e. The lowest BCUT2D eigenvalue weighted by Crippen LogP contribution is -2.55. The number of methoxy groups -OCH3 is 1. The molecule has 2 aliphatic rings. The van der Waals surface area contributed by atoms with Crippen molar-refractivity contribution < 1.29 is 9.53 Å². The summed E-state index contributed by atoms with van der Waals surface area (Å²) >= 11 is 0. The minimum Gasteiger partial charge on any atom is -0.368 e. The molecule has 7 heteroatoms. The zero-order valence-electron chi connectivity index (χ0n) is 15.4. The topological polar surface area (TPSA) is 53.6 Å². The molecule has 1 aromatic rings. The lowest BCUT2D eigenvalue weighted by Gasteiger charge is -2.35. The van der Waals surface area contributed by atoms with Gasteiger partial charge in [-0.3, -0.25) is 9.69 Å². The van der Waals surface area contributed by atoms with E-state index in [2.05, 4.69) is 45.9 Å². The Balaban J connectivity index is 0.00000169. The summed E-state index contributed by atoms with van der Waals surface area (Å²) in [4.78, 5) is 15.2. The predicted octanol–water partition coefficient (Wildman–Crippen LogP) is 2.38. The van der Waals surface area contributed by atoms with Crippen LogP contribution in [0, 0.1) is 0 Å². The molecule has 2 saturated heterocycles. The number of ether oxygens (including phenoxy) is 1. The van der Waals surface area contributed by atoms with Gasteiger partial charge >= 0.3 is 0 Å². The number of carbonyl (C=O) groups is 1. The molecule has 0 aliphatic carbocycles. The highest BCUT2D eigenvalue weighted by Crippen LogP contribution is 2.24. The molecule has 1 unspecified atom stereocenters. The average molecular weight is 404 g/mol. The van der Waals surface area contributed by atoms with Crippen molar-refractivity contribution in [3.63, 3.8) is 0 Å². The number of benzene rings is 1. The van der Waals surface area contributed by atoms with Gasteiger partial charge in [-0.15, -0.1) is 24.8 Å². The molecule has 26 heavy (non-hydrogen) atoms. The molecule has 0 bridgehead atoms. The zero-order valence-corrected chi connectivity index (χ0v) is 17.0. The van der Waals surface area contributed by atoms with E-state index in [1.165, 1.54) is 12.0 Å². The van der Waals surface area contributed by atoms with Gasteiger partial charge in [0.15, 0.2) is 0 Å². The van der Waals surface area contributed by atoms with Gasteiger partial charge in [0.05, 0.1) is 0 Å². The van der Waals surface area contributed by atoms with Crippen molar-refractivity contribution in [2.75, 3.05) is 33.3 Å². The highest BCUT2D eigenvalue weighted by atomic mass is 35.5. The van der Waals surface area contributed by atoms with Crippen LogP contribution in [0.25, 0.3) is 0 Å². The Morgan fingerprint density at radius 1 is 1.27 bits per heavy atom. The molecular formula is C19H31Cl2N3O2. The number of hydrogen-bond acceptors (Lipinski definition) is 4. The summed E-state index contributed by atoms with van der Waals surface area (Å²) < 4.78 is 5.61. The summed E-state index contributed by atoms with van der Waals surface area (Å²) in [5.41, 5.74) is 0.691. The third kappa shape index (κ3) is 5.57. The highest BCUT2D eigenvalue weighted by Gasteiger charge is 2.40. The van der Waals surface area contributed by atoms with Crippen LogP contribution in [0.3, 0.4) is 0 Å². The number of nitrogens with zero attached hydrogens (tertiary/aromatic N) is 1. The second-order valence-corrected chi connectivity index (χ2v) is 6.91. The maximum atomic E-state index is 12.7. The third-order valence-corrected chi connectivity index (χ3v) is 5.44. The molecule has 0 saturated carbocycles. The number of nitrogens with one attached hydrogen (secondary N) is 2. The number of hydrogen-bond donors (Lipinski definition) is 2. The molecule has 2 heterocycles. The molecule has 2 aliphatic heterocycles. The smallest absolute Gasteiger partial charge is 0.252 e. The van der Waals surface area contributed by atoms with Crippen LogP contribution < -0.4 is 10.6 Å². The maximum absolute atomic E-state index is 12.7. The van der Waals surface area contributed by atoms with Crippen LogP contribution in [0.15, 0.2) is 30.3 Å². The first-order valence-corrected chi connectivity index (χ1v) is 9.06. The Morgan fingerprint density at radius 2 is 1.96 bits per heavy atom. The summed E-state index contributed by atoms with van der Waals surface area (Å²) in [6, 6.07) is 11.0. The third-order valence-electron chi connectivity index (χ3n) is 5.44. The van der Waals surface area contributed by atoms with Gasteiger partial charge in [0.1, 0.15) is 5.60 Å². The van der Waals surface area contributed by atoms with Crippen LogP contribution in [-0.4, -0.2) is 55.7 Å². The van der Waals surface area contributed by atoms with Crippen LogP contribution in [0.2, 0.25) is 0 Å². The van der Waals surface area contributed by atoms with E-state index >= 15 is 0 Å². The molecule has 3 rings (SSSR count). The average Bonchev–Trinajstić information content (AvgIpc) is 3.08. The quantitative estimate of drug-likeness (QED) is 0.765. The number of halogens is 2. The fourth-order valence-electron chi connectivity index (χ4n) is 3.88. The Morgan fingerprint density at radius 3 is 2.62 bits per heavy atom. The molecule has 2 fully saturated rings. The van der Waals surface area contributed by atoms with Crippen LogP contribution >= 0.6 is 24.8 Å². The molecule has 0 aromatic heterocycles. The molecule has 1 atom stereocenters. The fourth-order valence-corrected chi connectivity index (χ4v) is 3.88. The van der Waals surface area contributed by atoms with Crippen molar-refractivity contribution in [3.05, 3.63) is 35.9 Å². The van der Waals surface area contributed by atoms with Crippen molar-refractivity contribution in [1.29, 1.82) is 0 Å². The van der Waals surface area contributed by atoms with Crippen molar-refractivity contribution in [2.24, 2.45) is 0 Å². The van der Waals surface area contributed by atoms with Crippen molar-refractivity contribution in [1.82, 2.24) is 15.5 Å². The van der Waals surface area contributed by atoms with Gasteiger partial charge in [-0.05, 0) is 50.9 Å². The minimum absolute atomic E-state index is 0. The van der Waals surface area contributed by atoms with Crippen LogP contribution in [0.1, 0.15) is 31.2 Å². The monoisotopic (exact) mass is 403 g/mol. The summed E-state index contributed by atoms with van der Waals surface area (Å²) in [7, 11) is 1.65. The summed E-state index contributed by atoms with van der Waals surface area (Å²) in [6.07, 6.45) is 3.84. The van der Waals surface area contributed by atoms with E-state index in [4.69, 9.17) is 4.74 Å². The normalized spacial score (nSPS) is 22.1. The standard InChI is InChI=1S/C19H29N3O2.2ClH/c1-24-19(9-11-20-12-10-19)18(23)21-14-17-8-5-13-22(17)15-16-6-3-2-4-7-16;;/h2-4,6-7,17,20H,5,8-15H2,1H3,(H,21,23);2*1H. The highest BCUT2D eigenvalue weighted by molar-refractivity contribution is 5.86. The first-order valence-electron chi connectivity index (χ1n) is 9.06. The van der Waals surface area contributed by atoms with E-state index in [1.54, 1.807) is 7.11 Å². The van der Waals surface area contributed by atoms with Gasteiger partial charge < -0.3 is 15.4 Å². The second-order valence-electron chi connectivity index (χ2n) is 6.91. The lowest BCUT2D eigenvalue weighted by molar-refractivity contribution is -0.146. The number of likely N-dealkylation sites (tertiary alicyclic amines) is 1. The van der Waals surface area contributed by atoms with Crippen LogP contribution in [-0.2, 0) is 16.1 Å². The van der Waals surface area contributed by atoms with E-state index < -0.39 is 5.60 Å². The predicted molar refractivity (Wildman–Crippen MR) is 109 cm³/mol. The molecule has 1 amide bonds. The van der Waals surface area contributed by atoms with Crippen LogP contribution in [0.4, 0.5) is 0 Å². The number of carbonyl (C=O) groups excluding carboxylic acids is 1. The Kier molecular flexibility index (Phi) is 9.90. The van der Waals surface area contributed by atoms with Crippen molar-refractivity contribution in [3.8, 4) is 0 Å². The molecular weight excluding hydrogens is 373 g/mol. The summed E-state index contributed by atoms with van der Waals surface area (Å²) in [5.74, 6) is 0.0538. The molecule has 1 aromatic carbocycles. The Labute approximate surface area is 169 Å². The molecule has 2 N–H and O–H groups in total. The van der Waals surface area contributed by atoms with E-state index in [0.29, 0.717) is 12.6 Å². The lowest BCUT2D eigenvalue weighted by atomic mass is 9.91. The van der Waals surface area contributed by atoms with Crippen LogP contribution in [0.5, 0.6) is 0 Å². The van der Waals surface area contributed by atoms with E-state index in [-0.39, 0.29) is 30.7 Å². The van der Waals surface area contributed by atoms with Crippen molar-refractivity contribution in [2.45, 2.75) is 43.9 Å². The molecule has 0 radical (unpaired) electrons. The largest absolute Gasteiger partial charge is 0.368 e.